The van der Waals surface area contributed by atoms with E-state index in [-0.39, 0.29) is 17.1 Å². The van der Waals surface area contributed by atoms with E-state index in [9.17, 15) is 0 Å². The molecule has 0 amide bonds. The van der Waals surface area contributed by atoms with Crippen molar-refractivity contribution in [3.63, 3.8) is 0 Å². The standard InChI is InChI=1S/2C6H7.Fe/c2*1-6-4-2-3-5-6;/h2*2-5H,1H3;/q;;+2. The van der Waals surface area contributed by atoms with Gasteiger partial charge in [-0.15, -0.1) is 0 Å². The van der Waals surface area contributed by atoms with Crippen LogP contribution in [-0.4, -0.2) is 0 Å². The van der Waals surface area contributed by atoms with Gasteiger partial charge in [0.05, 0.1) is 0 Å². The van der Waals surface area contributed by atoms with Crippen molar-refractivity contribution in [3.8, 4) is 0 Å². The molecule has 0 aromatic rings. The van der Waals surface area contributed by atoms with Gasteiger partial charge >= 0.3 is 17.1 Å². The summed E-state index contributed by atoms with van der Waals surface area (Å²) in [5, 5.41) is 0. The van der Waals surface area contributed by atoms with Crippen LogP contribution in [0.15, 0.2) is 0 Å². The van der Waals surface area contributed by atoms with Gasteiger partial charge in [0.1, 0.15) is 0 Å². The molecule has 0 aromatic heterocycles. The number of rotatable bonds is 0. The molecule has 2 aliphatic rings. The van der Waals surface area contributed by atoms with E-state index < -0.39 is 0 Å². The Kier molecular flexibility index (Phi) is 8.20. The van der Waals surface area contributed by atoms with E-state index in [1.807, 2.05) is 25.7 Å². The second-order valence-corrected chi connectivity index (χ2v) is 2.92. The van der Waals surface area contributed by atoms with Crippen molar-refractivity contribution in [2.24, 2.45) is 0 Å². The zero-order valence-corrected chi connectivity index (χ0v) is 9.08. The smallest absolute Gasteiger partial charge is 0.0585 e. The summed E-state index contributed by atoms with van der Waals surface area (Å²) in [7, 11) is 0. The maximum Gasteiger partial charge on any atom is 2.00 e. The first kappa shape index (κ1) is 13.5. The van der Waals surface area contributed by atoms with Gasteiger partial charge in [-0.2, -0.15) is 0 Å². The maximum absolute atomic E-state index is 2.08. The quantitative estimate of drug-likeness (QED) is 0.544. The Hall–Kier alpha value is 0.519. The van der Waals surface area contributed by atoms with Gasteiger partial charge < -0.3 is 0 Å². The average molecular weight is 214 g/mol. The van der Waals surface area contributed by atoms with Gasteiger partial charge in [-0.25, -0.2) is 0 Å². The zero-order valence-electron chi connectivity index (χ0n) is 7.97. The number of hydrogen-bond acceptors (Lipinski definition) is 0. The van der Waals surface area contributed by atoms with Crippen molar-refractivity contribution >= 4 is 0 Å². The van der Waals surface area contributed by atoms with Crippen LogP contribution in [-0.2, 0) is 17.1 Å². The Morgan fingerprint density at radius 2 is 0.846 bits per heavy atom. The fraction of sp³-hybridized carbons (Fsp3) is 0.167. The summed E-state index contributed by atoms with van der Waals surface area (Å²) in [5.41, 5.74) is 0. The van der Waals surface area contributed by atoms with Crippen molar-refractivity contribution in [2.45, 2.75) is 13.8 Å². The van der Waals surface area contributed by atoms with Crippen LogP contribution in [0.25, 0.3) is 0 Å². The van der Waals surface area contributed by atoms with E-state index in [4.69, 9.17) is 0 Å². The van der Waals surface area contributed by atoms with Gasteiger partial charge in [0.2, 0.25) is 0 Å². The molecule has 13 heavy (non-hydrogen) atoms. The number of hydrogen-bond donors (Lipinski definition) is 0. The van der Waals surface area contributed by atoms with Crippen LogP contribution in [0.2, 0.25) is 0 Å². The molecule has 2 fully saturated rings. The molecular formula is C12H14Fe+2. The summed E-state index contributed by atoms with van der Waals surface area (Å²) in [6, 6.07) is 0. The third-order valence-corrected chi connectivity index (χ3v) is 1.66. The van der Waals surface area contributed by atoms with Gasteiger partial charge in [0, 0.05) is 0 Å². The Balaban J connectivity index is 0.000000206. The van der Waals surface area contributed by atoms with Gasteiger partial charge in [0.15, 0.2) is 0 Å². The molecule has 2 aliphatic carbocycles. The molecule has 0 unspecified atom stereocenters. The molecule has 0 spiro atoms. The van der Waals surface area contributed by atoms with Gasteiger partial charge in [-0.05, 0) is 63.2 Å². The third-order valence-electron chi connectivity index (χ3n) is 1.66. The molecule has 0 aromatic carbocycles. The predicted octanol–water partition coefficient (Wildman–Crippen LogP) is 2.82. The van der Waals surface area contributed by atoms with E-state index in [1.165, 1.54) is 11.8 Å². The van der Waals surface area contributed by atoms with Gasteiger partial charge in [-0.3, -0.25) is 0 Å². The van der Waals surface area contributed by atoms with Crippen LogP contribution >= 0.6 is 0 Å². The minimum Gasteiger partial charge on any atom is -0.0585 e. The molecule has 0 bridgehead atoms. The molecule has 0 nitrogen and oxygen atoms in total. The minimum absolute atomic E-state index is 0. The monoisotopic (exact) mass is 214 g/mol. The third kappa shape index (κ3) is 6.57. The molecule has 0 aliphatic heterocycles. The van der Waals surface area contributed by atoms with E-state index in [0.717, 1.165) is 0 Å². The topological polar surface area (TPSA) is 0 Å². The molecule has 2 saturated carbocycles. The van der Waals surface area contributed by atoms with E-state index >= 15 is 0 Å². The fourth-order valence-corrected chi connectivity index (χ4v) is 0.940. The summed E-state index contributed by atoms with van der Waals surface area (Å²) in [6.45, 7) is 4.17. The van der Waals surface area contributed by atoms with Crippen LogP contribution < -0.4 is 0 Å². The van der Waals surface area contributed by atoms with Crippen LogP contribution in [0.3, 0.4) is 0 Å². The molecule has 10 radical (unpaired) electrons. The molecule has 68 valence electrons. The van der Waals surface area contributed by atoms with E-state index in [1.54, 1.807) is 0 Å². The van der Waals surface area contributed by atoms with Crippen molar-refractivity contribution in [1.82, 2.24) is 0 Å². The van der Waals surface area contributed by atoms with Crippen molar-refractivity contribution in [1.29, 1.82) is 0 Å². The summed E-state index contributed by atoms with van der Waals surface area (Å²) in [4.78, 5) is 0. The van der Waals surface area contributed by atoms with Crippen molar-refractivity contribution < 1.29 is 17.1 Å². The van der Waals surface area contributed by atoms with Crippen molar-refractivity contribution in [3.05, 3.63) is 63.2 Å². The Morgan fingerprint density at radius 3 is 0.923 bits per heavy atom. The SMILES string of the molecule is C[C]1[CH][CH][CH][CH]1.C[C]1[CH][CH][CH][CH]1.[Fe+2]. The average Bonchev–Trinajstić information content (AvgIpc) is 2.63. The first-order valence-corrected chi connectivity index (χ1v) is 4.15. The zero-order chi connectivity index (χ0) is 8.81. The van der Waals surface area contributed by atoms with Crippen molar-refractivity contribution in [2.75, 3.05) is 0 Å². The van der Waals surface area contributed by atoms with E-state index in [2.05, 4.69) is 39.5 Å². The van der Waals surface area contributed by atoms with Crippen LogP contribution in [0, 0.1) is 63.2 Å². The minimum atomic E-state index is 0. The predicted molar refractivity (Wildman–Crippen MR) is 52.2 cm³/mol. The normalized spacial score (nSPS) is 23.5. The Morgan fingerprint density at radius 1 is 0.615 bits per heavy atom. The first-order chi connectivity index (χ1) is 5.79. The Labute approximate surface area is 94.3 Å². The van der Waals surface area contributed by atoms with Gasteiger partial charge in [-0.1, -0.05) is 13.8 Å². The largest absolute Gasteiger partial charge is 2.00 e. The van der Waals surface area contributed by atoms with E-state index in [0.29, 0.717) is 0 Å². The van der Waals surface area contributed by atoms with Crippen LogP contribution in [0.5, 0.6) is 0 Å². The van der Waals surface area contributed by atoms with Gasteiger partial charge in [0.25, 0.3) is 0 Å². The molecule has 0 N–H and O–H groups in total. The molecule has 0 saturated heterocycles. The first-order valence-electron chi connectivity index (χ1n) is 4.15. The summed E-state index contributed by atoms with van der Waals surface area (Å²) >= 11 is 0. The summed E-state index contributed by atoms with van der Waals surface area (Å²) in [5.74, 6) is 2.69. The molecule has 0 atom stereocenters. The second-order valence-electron chi connectivity index (χ2n) is 2.92. The molecule has 1 heteroatoms. The maximum atomic E-state index is 2.08. The molecule has 0 heterocycles. The fourth-order valence-electron chi connectivity index (χ4n) is 0.940. The second kappa shape index (κ2) is 7.88. The summed E-state index contributed by atoms with van der Waals surface area (Å²) in [6.07, 6.45) is 16.5. The van der Waals surface area contributed by atoms with Crippen LogP contribution in [0.4, 0.5) is 0 Å². The Bertz CT molecular complexity index is 85.7. The summed E-state index contributed by atoms with van der Waals surface area (Å²) < 4.78 is 0. The molecule has 2 rings (SSSR count). The van der Waals surface area contributed by atoms with Crippen LogP contribution in [0.1, 0.15) is 13.8 Å². The molecular weight excluding hydrogens is 200 g/mol.